The second-order valence-electron chi connectivity index (χ2n) is 4.68. The molecule has 0 spiro atoms. The molecule has 2 atom stereocenters. The van der Waals surface area contributed by atoms with Gasteiger partial charge in [0, 0.05) is 12.1 Å². The van der Waals surface area contributed by atoms with Crippen molar-refractivity contribution in [3.8, 4) is 6.07 Å². The van der Waals surface area contributed by atoms with Crippen LogP contribution in [-0.4, -0.2) is 29.7 Å². The average Bonchev–Trinajstić information content (AvgIpc) is 2.43. The molecule has 0 aromatic heterocycles. The third-order valence-corrected chi connectivity index (χ3v) is 3.56. The molecule has 6 heteroatoms. The molecule has 0 saturated carbocycles. The lowest BCUT2D eigenvalue weighted by atomic mass is 9.86. The van der Waals surface area contributed by atoms with Gasteiger partial charge in [0.05, 0.1) is 6.07 Å². The van der Waals surface area contributed by atoms with Crippen molar-refractivity contribution >= 4 is 12.7 Å². The van der Waals surface area contributed by atoms with Gasteiger partial charge < -0.3 is 4.90 Å². The van der Waals surface area contributed by atoms with E-state index in [1.165, 1.54) is 6.07 Å². The summed E-state index contributed by atoms with van der Waals surface area (Å²) in [6, 6.07) is 2.22. The molecule has 2 unspecified atom stereocenters. The van der Waals surface area contributed by atoms with Crippen LogP contribution in [0.25, 0.3) is 0 Å². The van der Waals surface area contributed by atoms with E-state index in [0.29, 0.717) is 36.7 Å². The second kappa shape index (κ2) is 5.78. The highest BCUT2D eigenvalue weighted by atomic mass is 19.1. The molecule has 0 aliphatic heterocycles. The lowest BCUT2D eigenvalue weighted by Crippen LogP contribution is -2.45. The van der Waals surface area contributed by atoms with E-state index in [2.05, 4.69) is 0 Å². The Morgan fingerprint density at radius 2 is 2.15 bits per heavy atom. The predicted molar refractivity (Wildman–Crippen MR) is 65.5 cm³/mol. The Morgan fingerprint density at radius 1 is 1.40 bits per heavy atom. The minimum atomic E-state index is -1.17. The number of hydrogen-bond acceptors (Lipinski definition) is 3. The van der Waals surface area contributed by atoms with Gasteiger partial charge in [0.1, 0.15) is 11.6 Å². The largest absolute Gasteiger partial charge is 0.320 e. The van der Waals surface area contributed by atoms with E-state index in [-0.39, 0.29) is 6.42 Å². The molecule has 1 aliphatic carbocycles. The maximum absolute atomic E-state index is 13.6. The number of nitrogens with zero attached hydrogens (tertiary/aromatic N) is 2. The van der Waals surface area contributed by atoms with Crippen LogP contribution in [0.4, 0.5) is 8.78 Å². The Hall–Kier alpha value is -2.29. The Bertz CT molecular complexity index is 583. The minimum absolute atomic E-state index is 0.231. The van der Waals surface area contributed by atoms with Gasteiger partial charge in [-0.05, 0) is 36.5 Å². The summed E-state index contributed by atoms with van der Waals surface area (Å²) in [5, 5.41) is 8.84. The molecular formula is C14H12F2N2O2. The van der Waals surface area contributed by atoms with Crippen LogP contribution in [-0.2, 0) is 22.4 Å². The molecule has 0 saturated heterocycles. The zero-order valence-corrected chi connectivity index (χ0v) is 10.6. The Morgan fingerprint density at radius 3 is 2.75 bits per heavy atom. The van der Waals surface area contributed by atoms with E-state index in [0.717, 1.165) is 11.0 Å². The van der Waals surface area contributed by atoms with E-state index in [9.17, 15) is 18.4 Å². The van der Waals surface area contributed by atoms with Gasteiger partial charge in [0.15, 0.2) is 12.3 Å². The maximum atomic E-state index is 13.6. The lowest BCUT2D eigenvalue weighted by molar-refractivity contribution is -0.126. The smallest absolute Gasteiger partial charge is 0.211 e. The Kier molecular flexibility index (Phi) is 4.08. The molecule has 1 aromatic carbocycles. The number of carbonyl (C=O) groups is 2. The predicted octanol–water partition coefficient (Wildman–Crippen LogP) is 1.37. The molecule has 4 nitrogen and oxygen atoms in total. The summed E-state index contributed by atoms with van der Waals surface area (Å²) in [5.41, 5.74) is 0.918. The van der Waals surface area contributed by atoms with Gasteiger partial charge in [-0.25, -0.2) is 8.78 Å². The van der Waals surface area contributed by atoms with Crippen molar-refractivity contribution in [3.05, 3.63) is 34.9 Å². The third kappa shape index (κ3) is 2.52. The number of benzene rings is 1. The Labute approximate surface area is 114 Å². The normalized spacial score (nSPS) is 18.6. The summed E-state index contributed by atoms with van der Waals surface area (Å²) in [7, 11) is 0. The van der Waals surface area contributed by atoms with Crippen LogP contribution in [0, 0.1) is 23.0 Å². The number of nitriles is 1. The number of fused-ring (bicyclic) bond motifs is 1. The summed E-state index contributed by atoms with van der Waals surface area (Å²) in [6.07, 6.45) is 1.83. The first-order valence-corrected chi connectivity index (χ1v) is 6.15. The SMILES string of the molecule is N#CC(C=O)N(C=O)C1CCc2c(F)cc(F)cc2C1. The number of carbonyl (C=O) groups excluding carboxylic acids is 2. The van der Waals surface area contributed by atoms with Gasteiger partial charge in [0.25, 0.3) is 0 Å². The van der Waals surface area contributed by atoms with Crippen LogP contribution in [0.2, 0.25) is 0 Å². The molecule has 1 amide bonds. The molecule has 0 radical (unpaired) electrons. The highest BCUT2D eigenvalue weighted by Gasteiger charge is 2.29. The van der Waals surface area contributed by atoms with Gasteiger partial charge in [-0.1, -0.05) is 0 Å². The minimum Gasteiger partial charge on any atom is -0.320 e. The zero-order chi connectivity index (χ0) is 14.7. The molecular weight excluding hydrogens is 266 g/mol. The highest BCUT2D eigenvalue weighted by molar-refractivity contribution is 5.68. The van der Waals surface area contributed by atoms with Gasteiger partial charge >= 0.3 is 0 Å². The van der Waals surface area contributed by atoms with Crippen LogP contribution in [0.15, 0.2) is 12.1 Å². The van der Waals surface area contributed by atoms with Crippen molar-refractivity contribution in [1.29, 1.82) is 5.26 Å². The fourth-order valence-electron chi connectivity index (χ4n) is 2.59. The van der Waals surface area contributed by atoms with Crippen molar-refractivity contribution in [1.82, 2.24) is 4.90 Å². The van der Waals surface area contributed by atoms with E-state index in [1.54, 1.807) is 6.07 Å². The first-order valence-electron chi connectivity index (χ1n) is 6.15. The number of amides is 1. The van der Waals surface area contributed by atoms with Crippen molar-refractivity contribution < 1.29 is 18.4 Å². The quantitative estimate of drug-likeness (QED) is 0.781. The molecule has 0 N–H and O–H groups in total. The number of aldehydes is 1. The molecule has 0 fully saturated rings. The van der Waals surface area contributed by atoms with Gasteiger partial charge in [-0.15, -0.1) is 0 Å². The number of hydrogen-bond donors (Lipinski definition) is 0. The maximum Gasteiger partial charge on any atom is 0.211 e. The highest BCUT2D eigenvalue weighted by Crippen LogP contribution is 2.27. The van der Waals surface area contributed by atoms with E-state index >= 15 is 0 Å². The molecule has 104 valence electrons. The first-order chi connectivity index (χ1) is 9.60. The fraction of sp³-hybridized carbons (Fsp3) is 0.357. The van der Waals surface area contributed by atoms with E-state index < -0.39 is 23.7 Å². The molecule has 0 heterocycles. The van der Waals surface area contributed by atoms with Crippen molar-refractivity contribution in [2.45, 2.75) is 31.3 Å². The lowest BCUT2D eigenvalue weighted by Gasteiger charge is -2.33. The van der Waals surface area contributed by atoms with Crippen LogP contribution < -0.4 is 0 Å². The van der Waals surface area contributed by atoms with Crippen LogP contribution >= 0.6 is 0 Å². The molecule has 1 aromatic rings. The first kappa shape index (κ1) is 14.1. The molecule has 20 heavy (non-hydrogen) atoms. The molecule has 2 rings (SSSR count). The van der Waals surface area contributed by atoms with Crippen molar-refractivity contribution in [2.24, 2.45) is 0 Å². The average molecular weight is 278 g/mol. The van der Waals surface area contributed by atoms with Crippen molar-refractivity contribution in [2.75, 3.05) is 0 Å². The molecule has 1 aliphatic rings. The summed E-state index contributed by atoms with van der Waals surface area (Å²) in [6.45, 7) is 0. The summed E-state index contributed by atoms with van der Waals surface area (Å²) < 4.78 is 26.8. The van der Waals surface area contributed by atoms with Gasteiger partial charge in [-0.2, -0.15) is 5.26 Å². The van der Waals surface area contributed by atoms with Crippen LogP contribution in [0.3, 0.4) is 0 Å². The zero-order valence-electron chi connectivity index (χ0n) is 10.6. The monoisotopic (exact) mass is 278 g/mol. The third-order valence-electron chi connectivity index (χ3n) is 3.56. The summed E-state index contributed by atoms with van der Waals surface area (Å²) in [4.78, 5) is 23.0. The van der Waals surface area contributed by atoms with Gasteiger partial charge in [-0.3, -0.25) is 9.59 Å². The van der Waals surface area contributed by atoms with Crippen LogP contribution in [0.5, 0.6) is 0 Å². The van der Waals surface area contributed by atoms with Gasteiger partial charge in [0.2, 0.25) is 6.41 Å². The summed E-state index contributed by atoms with van der Waals surface area (Å²) >= 11 is 0. The summed E-state index contributed by atoms with van der Waals surface area (Å²) in [5.74, 6) is -1.27. The Balaban J connectivity index is 2.28. The van der Waals surface area contributed by atoms with E-state index in [1.807, 2.05) is 0 Å². The van der Waals surface area contributed by atoms with E-state index in [4.69, 9.17) is 5.26 Å². The number of halogens is 2. The van der Waals surface area contributed by atoms with Crippen molar-refractivity contribution in [3.63, 3.8) is 0 Å². The molecule has 0 bridgehead atoms. The van der Waals surface area contributed by atoms with Crippen LogP contribution in [0.1, 0.15) is 17.5 Å². The number of rotatable bonds is 4. The topological polar surface area (TPSA) is 61.2 Å². The fourth-order valence-corrected chi connectivity index (χ4v) is 2.59. The standard InChI is InChI=1S/C14H12F2N2O2/c15-10-3-9-4-11(1-2-13(9)14(16)5-10)18(8-20)12(6-17)7-19/h3,5,7-8,11-12H,1-2,4H2. The second-order valence-corrected chi connectivity index (χ2v) is 4.68.